The summed E-state index contributed by atoms with van der Waals surface area (Å²) in [5, 5.41) is 15.8. The first-order valence-corrected chi connectivity index (χ1v) is 12.3. The number of benzene rings is 1. The second kappa shape index (κ2) is 12.7. The van der Waals surface area contributed by atoms with Crippen LogP contribution >= 0.6 is 11.6 Å². The van der Waals surface area contributed by atoms with Crippen LogP contribution in [0.2, 0.25) is 5.02 Å². The van der Waals surface area contributed by atoms with Gasteiger partial charge in [-0.1, -0.05) is 17.7 Å². The number of aromatic nitrogens is 1. The van der Waals surface area contributed by atoms with Crippen LogP contribution in [-0.2, 0) is 16.0 Å². The molecule has 0 bridgehead atoms. The van der Waals surface area contributed by atoms with Crippen LogP contribution in [0, 0.1) is 11.8 Å². The van der Waals surface area contributed by atoms with Crippen LogP contribution in [0.5, 0.6) is 5.75 Å². The molecule has 0 unspecified atom stereocenters. The smallest absolute Gasteiger partial charge is 0.308 e. The number of hydrogen-bond donors (Lipinski definition) is 3. The van der Waals surface area contributed by atoms with Crippen molar-refractivity contribution in [2.45, 2.75) is 45.1 Å². The minimum absolute atomic E-state index is 0.0329. The van der Waals surface area contributed by atoms with Crippen molar-refractivity contribution in [3.63, 3.8) is 0 Å². The van der Waals surface area contributed by atoms with Gasteiger partial charge in [0.2, 0.25) is 0 Å². The largest absolute Gasteiger partial charge is 0.496 e. The summed E-state index contributed by atoms with van der Waals surface area (Å²) in [4.78, 5) is 28.7. The Morgan fingerprint density at radius 1 is 1.20 bits per heavy atom. The lowest BCUT2D eigenvalue weighted by atomic mass is 9.82. The van der Waals surface area contributed by atoms with Gasteiger partial charge in [0, 0.05) is 24.9 Å². The highest BCUT2D eigenvalue weighted by molar-refractivity contribution is 6.33. The van der Waals surface area contributed by atoms with Crippen molar-refractivity contribution in [3.05, 3.63) is 52.2 Å². The number of amides is 1. The van der Waals surface area contributed by atoms with Crippen molar-refractivity contribution in [2.75, 3.05) is 32.7 Å². The number of hydrogen-bond acceptors (Lipinski definition) is 7. The Labute approximate surface area is 211 Å². The highest BCUT2D eigenvalue weighted by atomic mass is 35.5. The minimum atomic E-state index is -0.229. The van der Waals surface area contributed by atoms with Crippen LogP contribution in [0.1, 0.15) is 60.1 Å². The number of esters is 1. The fourth-order valence-corrected chi connectivity index (χ4v) is 4.69. The standard InChI is InChI=1S/C26H34ClN3O5/c1-16(21-12-17(10-11-31)6-9-23(21)34-2)30-24-22(27)13-20(15-28-24)25(32)29-14-18-4-7-19(8-5-18)26(33)35-3/h6,9,12-13,15-16,18-19,31H,4-5,7-8,10-11,14H2,1-3H3,(H,28,30)(H,29,32)/t16-,18-,19-/m0/s1. The Hall–Kier alpha value is -2.84. The van der Waals surface area contributed by atoms with Gasteiger partial charge in [-0.25, -0.2) is 4.98 Å². The van der Waals surface area contributed by atoms with E-state index in [1.165, 1.54) is 13.3 Å². The molecule has 8 nitrogen and oxygen atoms in total. The van der Waals surface area contributed by atoms with Crippen molar-refractivity contribution < 1.29 is 24.2 Å². The number of carbonyl (C=O) groups excluding carboxylic acids is 2. The minimum Gasteiger partial charge on any atom is -0.496 e. The summed E-state index contributed by atoms with van der Waals surface area (Å²) in [6.45, 7) is 2.58. The number of aliphatic hydroxyl groups excluding tert-OH is 1. The van der Waals surface area contributed by atoms with Gasteiger partial charge in [0.1, 0.15) is 11.6 Å². The number of aliphatic hydroxyl groups is 1. The number of carbonyl (C=O) groups is 2. The molecule has 1 aliphatic carbocycles. The normalized spacial score (nSPS) is 18.4. The van der Waals surface area contributed by atoms with E-state index >= 15 is 0 Å². The lowest BCUT2D eigenvalue weighted by molar-refractivity contribution is -0.146. The van der Waals surface area contributed by atoms with E-state index < -0.39 is 0 Å². The Morgan fingerprint density at radius 2 is 1.94 bits per heavy atom. The number of methoxy groups -OCH3 is 2. The number of anilines is 1. The van der Waals surface area contributed by atoms with E-state index in [0.717, 1.165) is 42.6 Å². The third kappa shape index (κ3) is 7.08. The van der Waals surface area contributed by atoms with Crippen molar-refractivity contribution in [1.29, 1.82) is 0 Å². The first kappa shape index (κ1) is 26.8. The maximum absolute atomic E-state index is 12.7. The molecule has 2 aromatic rings. The van der Waals surface area contributed by atoms with E-state index in [1.807, 2.05) is 25.1 Å². The van der Waals surface area contributed by atoms with E-state index in [4.69, 9.17) is 21.1 Å². The number of pyridine rings is 1. The topological polar surface area (TPSA) is 110 Å². The van der Waals surface area contributed by atoms with Gasteiger partial charge in [-0.3, -0.25) is 9.59 Å². The number of ether oxygens (including phenoxy) is 2. The predicted octanol–water partition coefficient (Wildman–Crippen LogP) is 4.16. The summed E-state index contributed by atoms with van der Waals surface area (Å²) in [6, 6.07) is 7.22. The summed E-state index contributed by atoms with van der Waals surface area (Å²) < 4.78 is 10.3. The second-order valence-corrected chi connectivity index (χ2v) is 9.33. The van der Waals surface area contributed by atoms with Crippen molar-refractivity contribution in [1.82, 2.24) is 10.3 Å². The fraction of sp³-hybridized carbons (Fsp3) is 0.500. The van der Waals surface area contributed by atoms with Gasteiger partial charge in [0.25, 0.3) is 5.91 Å². The molecule has 1 atom stereocenters. The third-order valence-corrected chi connectivity index (χ3v) is 6.84. The summed E-state index contributed by atoms with van der Waals surface area (Å²) in [6.07, 6.45) is 5.38. The summed E-state index contributed by atoms with van der Waals surface area (Å²) >= 11 is 6.45. The highest BCUT2D eigenvalue weighted by Gasteiger charge is 2.27. The predicted molar refractivity (Wildman–Crippen MR) is 135 cm³/mol. The van der Waals surface area contributed by atoms with E-state index in [0.29, 0.717) is 35.3 Å². The monoisotopic (exact) mass is 503 g/mol. The molecule has 3 rings (SSSR count). The average Bonchev–Trinajstić information content (AvgIpc) is 2.88. The van der Waals surface area contributed by atoms with Crippen molar-refractivity contribution >= 4 is 29.3 Å². The molecule has 0 radical (unpaired) electrons. The Kier molecular flexibility index (Phi) is 9.74. The number of halogens is 1. The van der Waals surface area contributed by atoms with Gasteiger partial charge in [0.15, 0.2) is 0 Å². The zero-order valence-electron chi connectivity index (χ0n) is 20.5. The van der Waals surface area contributed by atoms with E-state index in [-0.39, 0.29) is 30.4 Å². The van der Waals surface area contributed by atoms with Gasteiger partial charge >= 0.3 is 5.97 Å². The highest BCUT2D eigenvalue weighted by Crippen LogP contribution is 2.31. The number of rotatable bonds is 10. The molecule has 1 fully saturated rings. The average molecular weight is 504 g/mol. The molecule has 3 N–H and O–H groups in total. The zero-order valence-corrected chi connectivity index (χ0v) is 21.2. The van der Waals surface area contributed by atoms with Crippen molar-refractivity contribution in [2.24, 2.45) is 11.8 Å². The Balaban J connectivity index is 1.58. The quantitative estimate of drug-likeness (QED) is 0.417. The molecule has 1 aromatic heterocycles. The number of nitrogens with one attached hydrogen (secondary N) is 2. The summed E-state index contributed by atoms with van der Waals surface area (Å²) in [5.41, 5.74) is 2.31. The maximum Gasteiger partial charge on any atom is 0.308 e. The molecule has 9 heteroatoms. The molecule has 0 spiro atoms. The first-order valence-electron chi connectivity index (χ1n) is 11.9. The van der Waals surface area contributed by atoms with Crippen LogP contribution in [0.25, 0.3) is 0 Å². The summed E-state index contributed by atoms with van der Waals surface area (Å²) in [5.74, 6) is 1.11. The van der Waals surface area contributed by atoms with Crippen LogP contribution in [0.15, 0.2) is 30.5 Å². The fourth-order valence-electron chi connectivity index (χ4n) is 4.47. The van der Waals surface area contributed by atoms with Gasteiger partial charge < -0.3 is 25.2 Å². The molecule has 1 aromatic carbocycles. The zero-order chi connectivity index (χ0) is 25.4. The van der Waals surface area contributed by atoms with Gasteiger partial charge in [0.05, 0.1) is 36.8 Å². The van der Waals surface area contributed by atoms with Crippen LogP contribution in [0.3, 0.4) is 0 Å². The lowest BCUT2D eigenvalue weighted by Crippen LogP contribution is -2.32. The van der Waals surface area contributed by atoms with Gasteiger partial charge in [-0.05, 0) is 68.7 Å². The van der Waals surface area contributed by atoms with E-state index in [9.17, 15) is 14.7 Å². The number of nitrogens with zero attached hydrogens (tertiary/aromatic N) is 1. The van der Waals surface area contributed by atoms with Gasteiger partial charge in [-0.15, -0.1) is 0 Å². The molecule has 1 saturated carbocycles. The lowest BCUT2D eigenvalue weighted by Gasteiger charge is -2.27. The van der Waals surface area contributed by atoms with Crippen LogP contribution < -0.4 is 15.4 Å². The molecule has 190 valence electrons. The molecular formula is C26H34ClN3O5. The SMILES string of the molecule is COc1ccc(CCO)cc1[C@H](C)Nc1ncc(C(=O)NC[C@H]2CC[C@H](C(=O)OC)CC2)cc1Cl. The molecule has 1 aliphatic rings. The van der Waals surface area contributed by atoms with Crippen molar-refractivity contribution in [3.8, 4) is 5.75 Å². The third-order valence-electron chi connectivity index (χ3n) is 6.55. The summed E-state index contributed by atoms with van der Waals surface area (Å²) in [7, 11) is 3.03. The Bertz CT molecular complexity index is 1020. The van der Waals surface area contributed by atoms with Crippen LogP contribution in [0.4, 0.5) is 5.82 Å². The van der Waals surface area contributed by atoms with Gasteiger partial charge in [-0.2, -0.15) is 0 Å². The maximum atomic E-state index is 12.7. The second-order valence-electron chi connectivity index (χ2n) is 8.92. The Morgan fingerprint density at radius 3 is 2.57 bits per heavy atom. The van der Waals surface area contributed by atoms with Crippen LogP contribution in [-0.4, -0.2) is 49.3 Å². The molecule has 0 saturated heterocycles. The van der Waals surface area contributed by atoms with E-state index in [1.54, 1.807) is 13.2 Å². The molecule has 0 aliphatic heterocycles. The molecular weight excluding hydrogens is 470 g/mol. The molecule has 1 heterocycles. The first-order chi connectivity index (χ1) is 16.9. The molecule has 35 heavy (non-hydrogen) atoms. The van der Waals surface area contributed by atoms with E-state index in [2.05, 4.69) is 15.6 Å². The molecule has 1 amide bonds.